The standard InChI is InChI=1S/C20H31FN6O/c1-6-14(3)24-20(22-10-11-27-13-23-26-19(27)7-2)25-15(4)16-8-9-18(28-5)17(21)12-16/h8-9,12-15H,6-7,10-11H2,1-5H3,(H2,22,24,25). The Balaban J connectivity index is 2.07. The summed E-state index contributed by atoms with van der Waals surface area (Å²) >= 11 is 0. The number of aryl methyl sites for hydroxylation is 1. The highest BCUT2D eigenvalue weighted by atomic mass is 19.1. The van der Waals surface area contributed by atoms with Gasteiger partial charge < -0.3 is 19.9 Å². The number of aliphatic imine (C=N–C) groups is 1. The molecular weight excluding hydrogens is 359 g/mol. The van der Waals surface area contributed by atoms with E-state index in [-0.39, 0.29) is 23.7 Å². The molecule has 2 unspecified atom stereocenters. The maximum atomic E-state index is 14.0. The minimum atomic E-state index is -0.373. The first-order chi connectivity index (χ1) is 13.5. The fourth-order valence-corrected chi connectivity index (χ4v) is 2.72. The van der Waals surface area contributed by atoms with E-state index in [1.807, 2.05) is 17.6 Å². The van der Waals surface area contributed by atoms with E-state index in [9.17, 15) is 4.39 Å². The molecule has 1 aromatic heterocycles. The molecule has 0 aliphatic heterocycles. The Bertz CT molecular complexity index is 776. The van der Waals surface area contributed by atoms with Crippen LogP contribution in [0.1, 0.15) is 51.5 Å². The Kier molecular flexibility index (Phi) is 8.22. The second kappa shape index (κ2) is 10.6. The molecule has 2 atom stereocenters. The third-order valence-electron chi connectivity index (χ3n) is 4.65. The van der Waals surface area contributed by atoms with Crippen LogP contribution in [0.5, 0.6) is 5.75 Å². The average Bonchev–Trinajstić information content (AvgIpc) is 3.15. The van der Waals surface area contributed by atoms with Crippen molar-refractivity contribution >= 4 is 5.96 Å². The van der Waals surface area contributed by atoms with Crippen LogP contribution in [0, 0.1) is 5.82 Å². The molecule has 1 aromatic carbocycles. The molecule has 0 saturated heterocycles. The van der Waals surface area contributed by atoms with E-state index in [4.69, 9.17) is 4.74 Å². The number of rotatable bonds is 9. The molecule has 0 saturated carbocycles. The summed E-state index contributed by atoms with van der Waals surface area (Å²) in [5.41, 5.74) is 0.823. The lowest BCUT2D eigenvalue weighted by atomic mass is 10.1. The Hall–Kier alpha value is -2.64. The highest BCUT2D eigenvalue weighted by molar-refractivity contribution is 5.80. The zero-order chi connectivity index (χ0) is 20.5. The first-order valence-electron chi connectivity index (χ1n) is 9.76. The number of nitrogens with zero attached hydrogens (tertiary/aromatic N) is 4. The van der Waals surface area contributed by atoms with Crippen LogP contribution in [0.4, 0.5) is 4.39 Å². The highest BCUT2D eigenvalue weighted by Crippen LogP contribution is 2.21. The first kappa shape index (κ1) is 21.7. The van der Waals surface area contributed by atoms with Gasteiger partial charge >= 0.3 is 0 Å². The third kappa shape index (κ3) is 5.94. The molecule has 28 heavy (non-hydrogen) atoms. The molecule has 2 N–H and O–H groups in total. The summed E-state index contributed by atoms with van der Waals surface area (Å²) in [5, 5.41) is 14.8. The van der Waals surface area contributed by atoms with E-state index in [0.29, 0.717) is 19.0 Å². The fraction of sp³-hybridized carbons (Fsp3) is 0.550. The van der Waals surface area contributed by atoms with E-state index >= 15 is 0 Å². The van der Waals surface area contributed by atoms with Crippen LogP contribution >= 0.6 is 0 Å². The van der Waals surface area contributed by atoms with Gasteiger partial charge in [-0.05, 0) is 38.0 Å². The summed E-state index contributed by atoms with van der Waals surface area (Å²) < 4.78 is 21.0. The number of ether oxygens (including phenoxy) is 1. The Morgan fingerprint density at radius 2 is 2.07 bits per heavy atom. The van der Waals surface area contributed by atoms with Gasteiger partial charge in [-0.1, -0.05) is 19.9 Å². The summed E-state index contributed by atoms with van der Waals surface area (Å²) in [5.74, 6) is 1.51. The molecule has 0 aliphatic carbocycles. The lowest BCUT2D eigenvalue weighted by molar-refractivity contribution is 0.386. The van der Waals surface area contributed by atoms with Gasteiger partial charge in [0.25, 0.3) is 0 Å². The zero-order valence-electron chi connectivity index (χ0n) is 17.4. The second-order valence-corrected chi connectivity index (χ2v) is 6.74. The van der Waals surface area contributed by atoms with Crippen LogP contribution in [0.2, 0.25) is 0 Å². The van der Waals surface area contributed by atoms with Crippen molar-refractivity contribution in [3.8, 4) is 5.75 Å². The normalized spacial score (nSPS) is 13.9. The maximum Gasteiger partial charge on any atom is 0.192 e. The molecular formula is C20H31FN6O. The maximum absolute atomic E-state index is 14.0. The van der Waals surface area contributed by atoms with Gasteiger partial charge in [-0.25, -0.2) is 4.39 Å². The number of guanidine groups is 1. The van der Waals surface area contributed by atoms with Gasteiger partial charge in [-0.3, -0.25) is 4.99 Å². The van der Waals surface area contributed by atoms with Gasteiger partial charge in [-0.2, -0.15) is 0 Å². The van der Waals surface area contributed by atoms with Crippen LogP contribution in [0.25, 0.3) is 0 Å². The smallest absolute Gasteiger partial charge is 0.192 e. The molecule has 0 amide bonds. The van der Waals surface area contributed by atoms with Crippen LogP contribution in [-0.4, -0.2) is 40.4 Å². The minimum absolute atomic E-state index is 0.114. The van der Waals surface area contributed by atoms with E-state index in [2.05, 4.69) is 46.6 Å². The lowest BCUT2D eigenvalue weighted by Gasteiger charge is -2.22. The molecule has 2 rings (SSSR count). The Morgan fingerprint density at radius 1 is 1.29 bits per heavy atom. The molecule has 2 aromatic rings. The highest BCUT2D eigenvalue weighted by Gasteiger charge is 2.13. The van der Waals surface area contributed by atoms with Gasteiger partial charge in [0.2, 0.25) is 0 Å². The quantitative estimate of drug-likeness (QED) is 0.508. The molecule has 0 radical (unpaired) electrons. The van der Waals surface area contributed by atoms with E-state index in [1.54, 1.807) is 12.4 Å². The summed E-state index contributed by atoms with van der Waals surface area (Å²) in [6.07, 6.45) is 3.53. The number of halogens is 1. The van der Waals surface area contributed by atoms with Crippen molar-refractivity contribution in [1.82, 2.24) is 25.4 Å². The Labute approximate surface area is 166 Å². The minimum Gasteiger partial charge on any atom is -0.494 e. The molecule has 0 spiro atoms. The van der Waals surface area contributed by atoms with Crippen LogP contribution < -0.4 is 15.4 Å². The Morgan fingerprint density at radius 3 is 2.71 bits per heavy atom. The summed E-state index contributed by atoms with van der Waals surface area (Å²) in [6, 6.07) is 5.14. The fourth-order valence-electron chi connectivity index (χ4n) is 2.72. The molecule has 1 heterocycles. The summed E-state index contributed by atoms with van der Waals surface area (Å²) in [4.78, 5) is 4.68. The average molecular weight is 391 g/mol. The molecule has 0 bridgehead atoms. The van der Waals surface area contributed by atoms with Crippen molar-refractivity contribution in [3.63, 3.8) is 0 Å². The van der Waals surface area contributed by atoms with Gasteiger partial charge in [0.1, 0.15) is 12.2 Å². The predicted molar refractivity (Wildman–Crippen MR) is 109 cm³/mol. The van der Waals surface area contributed by atoms with Gasteiger partial charge in [0.15, 0.2) is 17.5 Å². The zero-order valence-corrected chi connectivity index (χ0v) is 17.4. The van der Waals surface area contributed by atoms with Crippen LogP contribution in [0.3, 0.4) is 0 Å². The number of methoxy groups -OCH3 is 1. The largest absolute Gasteiger partial charge is 0.494 e. The van der Waals surface area contributed by atoms with E-state index in [1.165, 1.54) is 13.2 Å². The molecule has 0 fully saturated rings. The molecule has 7 nitrogen and oxygen atoms in total. The second-order valence-electron chi connectivity index (χ2n) is 6.74. The SMILES string of the molecule is CCc1nncn1CCN=C(NC(C)CC)NC(C)c1ccc(OC)c(F)c1. The van der Waals surface area contributed by atoms with Gasteiger partial charge in [0.05, 0.1) is 19.7 Å². The van der Waals surface area contributed by atoms with E-state index < -0.39 is 0 Å². The summed E-state index contributed by atoms with van der Waals surface area (Å²) in [6.45, 7) is 9.53. The van der Waals surface area contributed by atoms with Gasteiger partial charge in [-0.15, -0.1) is 10.2 Å². The topological polar surface area (TPSA) is 76.4 Å². The third-order valence-corrected chi connectivity index (χ3v) is 4.65. The summed E-state index contributed by atoms with van der Waals surface area (Å²) in [7, 11) is 1.46. The van der Waals surface area contributed by atoms with Crippen molar-refractivity contribution in [2.45, 2.75) is 59.2 Å². The molecule has 8 heteroatoms. The van der Waals surface area contributed by atoms with Crippen molar-refractivity contribution < 1.29 is 9.13 Å². The number of hydrogen-bond donors (Lipinski definition) is 2. The van der Waals surface area contributed by atoms with Crippen molar-refractivity contribution in [3.05, 3.63) is 41.7 Å². The predicted octanol–water partition coefficient (Wildman–Crippen LogP) is 3.08. The lowest BCUT2D eigenvalue weighted by Crippen LogP contribution is -2.43. The molecule has 154 valence electrons. The number of nitrogens with one attached hydrogen (secondary N) is 2. The van der Waals surface area contributed by atoms with Crippen molar-refractivity contribution in [2.75, 3.05) is 13.7 Å². The van der Waals surface area contributed by atoms with Crippen LogP contribution in [-0.2, 0) is 13.0 Å². The van der Waals surface area contributed by atoms with Crippen molar-refractivity contribution in [1.29, 1.82) is 0 Å². The van der Waals surface area contributed by atoms with Crippen LogP contribution in [0.15, 0.2) is 29.5 Å². The number of aromatic nitrogens is 3. The first-order valence-corrected chi connectivity index (χ1v) is 9.76. The van der Waals surface area contributed by atoms with Gasteiger partial charge in [0, 0.05) is 19.0 Å². The van der Waals surface area contributed by atoms with Crippen molar-refractivity contribution in [2.24, 2.45) is 4.99 Å². The monoisotopic (exact) mass is 390 g/mol. The van der Waals surface area contributed by atoms with E-state index in [0.717, 1.165) is 24.2 Å². The number of benzene rings is 1. The number of hydrogen-bond acceptors (Lipinski definition) is 4. The molecule has 0 aliphatic rings.